The molecular formula is C30H32N8O7. The van der Waals surface area contributed by atoms with Crippen LogP contribution in [0.5, 0.6) is 0 Å². The first-order chi connectivity index (χ1) is 21.8. The molecule has 0 radical (unpaired) electrons. The van der Waals surface area contributed by atoms with Crippen molar-refractivity contribution in [1.82, 2.24) is 35.2 Å². The maximum Gasteiger partial charge on any atom is 0.273 e. The van der Waals surface area contributed by atoms with Gasteiger partial charge >= 0.3 is 0 Å². The van der Waals surface area contributed by atoms with Gasteiger partial charge in [0.2, 0.25) is 35.3 Å². The molecule has 0 bridgehead atoms. The molecule has 15 heteroatoms. The number of nitrogens with one attached hydrogen (secondary N) is 1. The molecule has 3 N–H and O–H groups in total. The second-order valence-electron chi connectivity index (χ2n) is 10.8. The van der Waals surface area contributed by atoms with Gasteiger partial charge in [0.25, 0.3) is 5.91 Å². The van der Waals surface area contributed by atoms with E-state index in [4.69, 9.17) is 32.2 Å². The van der Waals surface area contributed by atoms with Gasteiger partial charge in [0, 0.05) is 0 Å². The second kappa shape index (κ2) is 12.7. The van der Waals surface area contributed by atoms with Crippen LogP contribution in [0.2, 0.25) is 0 Å². The van der Waals surface area contributed by atoms with Gasteiger partial charge in [-0.2, -0.15) is 0 Å². The molecule has 0 aliphatic heterocycles. The van der Waals surface area contributed by atoms with E-state index >= 15 is 0 Å². The number of carbonyl (C=O) groups excluding carboxylic acids is 1. The van der Waals surface area contributed by atoms with Gasteiger partial charge in [-0.25, -0.2) is 29.9 Å². The quantitative estimate of drug-likeness (QED) is 0.136. The number of amides is 1. The summed E-state index contributed by atoms with van der Waals surface area (Å²) in [4.78, 5) is 39.4. The molecule has 2 atom stereocenters. The topological polar surface area (TPSA) is 211 Å². The summed E-state index contributed by atoms with van der Waals surface area (Å²) in [5.74, 6) is 0.943. The van der Waals surface area contributed by atoms with Crippen molar-refractivity contribution in [2.24, 2.45) is 11.7 Å². The number of aromatic nitrogens is 6. The molecule has 6 aromatic rings. The second-order valence-corrected chi connectivity index (χ2v) is 10.8. The minimum absolute atomic E-state index is 0.0346. The van der Waals surface area contributed by atoms with Gasteiger partial charge in [0.15, 0.2) is 28.5 Å². The van der Waals surface area contributed by atoms with Crippen LogP contribution in [0.4, 0.5) is 0 Å². The fourth-order valence-electron chi connectivity index (χ4n) is 4.50. The van der Waals surface area contributed by atoms with E-state index in [2.05, 4.69) is 42.1 Å². The third-order valence-corrected chi connectivity index (χ3v) is 6.94. The number of carbonyl (C=O) groups is 1. The van der Waals surface area contributed by atoms with Crippen LogP contribution < -0.4 is 11.1 Å². The minimum atomic E-state index is -0.594. The lowest BCUT2D eigenvalue weighted by atomic mass is 10.0. The zero-order chi connectivity index (χ0) is 31.5. The highest BCUT2D eigenvalue weighted by Crippen LogP contribution is 2.29. The highest BCUT2D eigenvalue weighted by molar-refractivity contribution is 5.92. The van der Waals surface area contributed by atoms with E-state index in [9.17, 15) is 4.79 Å². The molecular weight excluding hydrogens is 584 g/mol. The number of aryl methyl sites for hydroxylation is 1. The molecule has 6 aromatic heterocycles. The van der Waals surface area contributed by atoms with Crippen LogP contribution >= 0.6 is 0 Å². The first-order valence-corrected chi connectivity index (χ1v) is 14.6. The molecule has 6 heterocycles. The van der Waals surface area contributed by atoms with Crippen molar-refractivity contribution in [1.29, 1.82) is 0 Å². The van der Waals surface area contributed by atoms with E-state index in [1.807, 2.05) is 20.8 Å². The Bertz CT molecular complexity index is 1870. The predicted octanol–water partition coefficient (Wildman–Crippen LogP) is 6.30. The average molecular weight is 617 g/mol. The lowest BCUT2D eigenvalue weighted by Gasteiger charge is -2.18. The number of rotatable bonds is 13. The first kappa shape index (κ1) is 29.7. The smallest absolute Gasteiger partial charge is 0.273 e. The van der Waals surface area contributed by atoms with Crippen molar-refractivity contribution in [2.75, 3.05) is 0 Å². The lowest BCUT2D eigenvalue weighted by Crippen LogP contribution is -2.32. The minimum Gasteiger partial charge on any atom is -0.446 e. The summed E-state index contributed by atoms with van der Waals surface area (Å²) in [5, 5.41) is 2.90. The average Bonchev–Trinajstić information content (AvgIpc) is 3.87. The van der Waals surface area contributed by atoms with Crippen molar-refractivity contribution in [3.05, 3.63) is 60.7 Å². The largest absolute Gasteiger partial charge is 0.446 e. The summed E-state index contributed by atoms with van der Waals surface area (Å²) in [6, 6.07) is -0.905. The van der Waals surface area contributed by atoms with Crippen LogP contribution in [-0.4, -0.2) is 35.8 Å². The Kier molecular flexibility index (Phi) is 8.42. The van der Waals surface area contributed by atoms with Crippen molar-refractivity contribution in [2.45, 2.75) is 65.5 Å². The summed E-state index contributed by atoms with van der Waals surface area (Å²) in [7, 11) is 0. The third-order valence-electron chi connectivity index (χ3n) is 6.94. The van der Waals surface area contributed by atoms with Crippen molar-refractivity contribution < 1.29 is 31.3 Å². The van der Waals surface area contributed by atoms with E-state index < -0.39 is 11.9 Å². The molecule has 45 heavy (non-hydrogen) atoms. The highest BCUT2D eigenvalue weighted by Gasteiger charge is 2.27. The number of oxazole rings is 6. The molecule has 0 spiro atoms. The SMILES string of the molecule is CCCCCC(N)c1nc(-c2nc(-c3nc(C(=O)NC(c4nc(-c5nc(-c6nc(C)co6)co5)co4)C(C)C)co3)co2)co1. The summed E-state index contributed by atoms with van der Waals surface area (Å²) in [6.07, 6.45) is 12.3. The van der Waals surface area contributed by atoms with Gasteiger partial charge in [-0.1, -0.05) is 40.0 Å². The van der Waals surface area contributed by atoms with E-state index in [0.717, 1.165) is 31.4 Å². The Morgan fingerprint density at radius 2 is 1.24 bits per heavy atom. The van der Waals surface area contributed by atoms with Gasteiger partial charge in [-0.3, -0.25) is 4.79 Å². The summed E-state index contributed by atoms with van der Waals surface area (Å²) < 4.78 is 33.3. The van der Waals surface area contributed by atoms with Gasteiger partial charge < -0.3 is 37.6 Å². The predicted molar refractivity (Wildman–Crippen MR) is 156 cm³/mol. The van der Waals surface area contributed by atoms with Crippen molar-refractivity contribution in [3.8, 4) is 46.3 Å². The van der Waals surface area contributed by atoms with Crippen molar-refractivity contribution in [3.63, 3.8) is 0 Å². The zero-order valence-electron chi connectivity index (χ0n) is 25.1. The molecule has 0 aliphatic rings. The van der Waals surface area contributed by atoms with Gasteiger partial charge in [0.05, 0.1) is 11.7 Å². The Morgan fingerprint density at radius 3 is 1.87 bits per heavy atom. The maximum absolute atomic E-state index is 13.2. The van der Waals surface area contributed by atoms with Gasteiger partial charge in [-0.15, -0.1) is 0 Å². The zero-order valence-corrected chi connectivity index (χ0v) is 25.1. The fraction of sp³-hybridized carbons (Fsp3) is 0.367. The molecule has 2 unspecified atom stereocenters. The summed E-state index contributed by atoms with van der Waals surface area (Å²) >= 11 is 0. The Labute approximate surface area is 256 Å². The molecule has 234 valence electrons. The number of unbranched alkanes of at least 4 members (excludes halogenated alkanes) is 2. The van der Waals surface area contributed by atoms with Crippen LogP contribution in [0.1, 0.15) is 86.5 Å². The fourth-order valence-corrected chi connectivity index (χ4v) is 4.50. The van der Waals surface area contributed by atoms with E-state index in [-0.39, 0.29) is 46.9 Å². The Morgan fingerprint density at radius 1 is 0.711 bits per heavy atom. The summed E-state index contributed by atoms with van der Waals surface area (Å²) in [6.45, 7) is 7.78. The highest BCUT2D eigenvalue weighted by atomic mass is 16.4. The standard InChI is InChI=1S/C30H32N8O7/c1-5-6-7-8-17(31)25-34-20(11-41-25)28-36-21(13-44-28)27-33-18(10-42-27)24(39)38-23(15(2)3)30-37-22(14-45-30)29-35-19(12-43-29)26-32-16(4)9-40-26/h9-15,17,23H,5-8,31H2,1-4H3,(H,38,39). The van der Waals surface area contributed by atoms with Crippen LogP contribution in [-0.2, 0) is 0 Å². The molecule has 0 saturated carbocycles. The number of hydrogen-bond acceptors (Lipinski definition) is 14. The molecule has 0 saturated heterocycles. The monoisotopic (exact) mass is 616 g/mol. The Hall–Kier alpha value is -5.31. The van der Waals surface area contributed by atoms with Crippen LogP contribution in [0.25, 0.3) is 46.3 Å². The molecule has 6 rings (SSSR count). The number of hydrogen-bond donors (Lipinski definition) is 2. The van der Waals surface area contributed by atoms with Crippen LogP contribution in [0, 0.1) is 12.8 Å². The molecule has 1 amide bonds. The molecule has 0 aliphatic carbocycles. The number of nitrogens with zero attached hydrogens (tertiary/aromatic N) is 6. The lowest BCUT2D eigenvalue weighted by molar-refractivity contribution is 0.0911. The van der Waals surface area contributed by atoms with Crippen molar-refractivity contribution >= 4 is 5.91 Å². The third kappa shape index (κ3) is 6.47. The molecule has 15 nitrogen and oxygen atoms in total. The van der Waals surface area contributed by atoms with Gasteiger partial charge in [-0.05, 0) is 19.3 Å². The molecule has 0 fully saturated rings. The number of nitrogens with two attached hydrogens (primary N) is 1. The van der Waals surface area contributed by atoms with Crippen LogP contribution in [0.15, 0.2) is 64.1 Å². The normalized spacial score (nSPS) is 13.0. The maximum atomic E-state index is 13.2. The van der Waals surface area contributed by atoms with E-state index in [0.29, 0.717) is 28.9 Å². The summed E-state index contributed by atoms with van der Waals surface area (Å²) in [5.41, 5.74) is 8.40. The van der Waals surface area contributed by atoms with E-state index in [1.54, 1.807) is 0 Å². The van der Waals surface area contributed by atoms with Crippen LogP contribution in [0.3, 0.4) is 0 Å². The first-order valence-electron chi connectivity index (χ1n) is 14.6. The van der Waals surface area contributed by atoms with E-state index in [1.165, 1.54) is 37.6 Å². The Balaban J connectivity index is 1.11. The van der Waals surface area contributed by atoms with Gasteiger partial charge in [0.1, 0.15) is 43.6 Å². The molecule has 0 aromatic carbocycles.